The highest BCUT2D eigenvalue weighted by Gasteiger charge is 2.15. The molecule has 0 aliphatic heterocycles. The molecular formula is C113H125BrCl3F3O3. The lowest BCUT2D eigenvalue weighted by Crippen LogP contribution is -1.93. The van der Waals surface area contributed by atoms with Gasteiger partial charge in [-0.3, -0.25) is 0 Å². The molecule has 123 heavy (non-hydrogen) atoms. The highest BCUT2D eigenvalue weighted by atomic mass is 79.9. The molecule has 0 heterocycles. The molecule has 0 unspecified atom stereocenters. The van der Waals surface area contributed by atoms with Crippen molar-refractivity contribution >= 4 is 50.7 Å². The molecule has 0 saturated heterocycles. The Hall–Kier alpha value is -10.4. The van der Waals surface area contributed by atoms with E-state index < -0.39 is 0 Å². The minimum atomic E-state index is -0.225. The van der Waals surface area contributed by atoms with Gasteiger partial charge in [-0.2, -0.15) is 0 Å². The van der Waals surface area contributed by atoms with Crippen LogP contribution in [0.3, 0.4) is 0 Å². The van der Waals surface area contributed by atoms with Crippen molar-refractivity contribution in [2.75, 3.05) is 14.2 Å². The van der Waals surface area contributed by atoms with Gasteiger partial charge < -0.3 is 14.6 Å². The molecule has 0 spiro atoms. The van der Waals surface area contributed by atoms with Crippen LogP contribution in [0, 0.1) is 17.5 Å². The number of hydrogen-bond donors (Lipinski definition) is 1. The minimum absolute atomic E-state index is 0.163. The van der Waals surface area contributed by atoms with Crippen LogP contribution in [0.2, 0.25) is 15.1 Å². The Morgan fingerprint density at radius 1 is 0.236 bits per heavy atom. The fourth-order valence-corrected chi connectivity index (χ4v) is 13.8. The molecular weight excluding hydrogens is 1650 g/mol. The summed E-state index contributed by atoms with van der Waals surface area (Å²) in [4.78, 5) is 0. The summed E-state index contributed by atoms with van der Waals surface area (Å²) < 4.78 is 50.4. The third-order valence-corrected chi connectivity index (χ3v) is 21.6. The lowest BCUT2D eigenvalue weighted by Gasteiger charge is -2.14. The number of halogens is 7. The molecule has 0 aliphatic rings. The van der Waals surface area contributed by atoms with Crippen molar-refractivity contribution in [2.45, 2.75) is 178 Å². The van der Waals surface area contributed by atoms with E-state index in [9.17, 15) is 18.3 Å². The van der Waals surface area contributed by atoms with Crippen molar-refractivity contribution in [1.82, 2.24) is 0 Å². The number of aromatic hydroxyl groups is 1. The molecule has 10 heteroatoms. The molecule has 644 valence electrons. The Kier molecular flexibility index (Phi) is 43.7. The van der Waals surface area contributed by atoms with Crippen LogP contribution < -0.4 is 9.47 Å². The summed E-state index contributed by atoms with van der Waals surface area (Å²) in [7, 11) is 3.37. The van der Waals surface area contributed by atoms with Crippen LogP contribution in [0.1, 0.15) is 228 Å². The van der Waals surface area contributed by atoms with E-state index >= 15 is 0 Å². The van der Waals surface area contributed by atoms with Crippen LogP contribution in [0.25, 0.3) is 55.6 Å². The van der Waals surface area contributed by atoms with Crippen molar-refractivity contribution in [2.24, 2.45) is 0 Å². The predicted octanol–water partition coefficient (Wildman–Crippen LogP) is 36.5. The normalized spacial score (nSPS) is 10.6. The highest BCUT2D eigenvalue weighted by Crippen LogP contribution is 2.37. The number of benzene rings is 14. The minimum Gasteiger partial charge on any atom is -0.508 e. The third kappa shape index (κ3) is 35.1. The van der Waals surface area contributed by atoms with Crippen molar-refractivity contribution in [3.63, 3.8) is 0 Å². The lowest BCUT2D eigenvalue weighted by atomic mass is 9.92. The number of phenolic OH excluding ortho intramolecular Hbond substituents is 1. The summed E-state index contributed by atoms with van der Waals surface area (Å²) in [6.45, 7) is 39.0. The zero-order valence-electron chi connectivity index (χ0n) is 75.4. The van der Waals surface area contributed by atoms with Crippen LogP contribution in [-0.4, -0.2) is 19.3 Å². The number of hydrogen-bond acceptors (Lipinski definition) is 3. The Labute approximate surface area is 758 Å². The molecule has 0 radical (unpaired) electrons. The number of methoxy groups -OCH3 is 2. The topological polar surface area (TPSA) is 38.7 Å². The van der Waals surface area contributed by atoms with Crippen LogP contribution in [0.5, 0.6) is 17.2 Å². The van der Waals surface area contributed by atoms with Gasteiger partial charge in [0.25, 0.3) is 0 Å². The van der Waals surface area contributed by atoms with E-state index in [0.717, 1.165) is 59.4 Å². The number of ether oxygens (including phenoxy) is 2. The van der Waals surface area contributed by atoms with Gasteiger partial charge in [0, 0.05) is 19.5 Å². The van der Waals surface area contributed by atoms with Crippen LogP contribution in [-0.2, 0) is 0 Å². The Balaban J connectivity index is 0.000000216. The summed E-state index contributed by atoms with van der Waals surface area (Å²) >= 11 is 21.6. The molecule has 0 aliphatic carbocycles. The molecule has 0 bridgehead atoms. The molecule has 0 amide bonds. The van der Waals surface area contributed by atoms with Gasteiger partial charge in [-0.25, -0.2) is 13.2 Å². The van der Waals surface area contributed by atoms with E-state index in [4.69, 9.17) is 44.3 Å². The largest absolute Gasteiger partial charge is 0.508 e. The second-order valence-electron chi connectivity index (χ2n) is 32.7. The van der Waals surface area contributed by atoms with Gasteiger partial charge in [0.05, 0.1) is 14.2 Å². The maximum atomic E-state index is 13.3. The standard InChI is InChI=1S/C16H17ClO.C15H14ClF.C15H15Cl.C15H15F.C15H16O.C10H14O.C9H11Br.C9H11F.C9H12/c1-11(2)15-8-7-13(17)10-16(15)12-5-4-6-14(9-12)18-3;1-10(2)14-7-6-12(16)9-15(14)11-4-3-5-13(17)8-11;2*1-11(2)14-9-8-13(16)10-15(14)12-6-4-3-5-7-12;1-11(2)12-3-5-13(6-4-12)14-7-9-15(16)10-8-14;1-8(2)9-4-6-10(11-3)7-5-9;2*1-7(2)8-3-5-9(10)6-4-8;1-8(2)9-6-4-3-5-7-9/h4-11H,1-3H3;3-10H,1-2H3;2*3-11H,1-2H3;3-11,16H,1-2H3;4-8H,1-3H3;2*3-7H,1-2H3;3-8H,1-2H3. The first-order valence-electron chi connectivity index (χ1n) is 42.4. The summed E-state index contributed by atoms with van der Waals surface area (Å²) in [5.41, 5.74) is 22.8. The maximum absolute atomic E-state index is 13.3. The van der Waals surface area contributed by atoms with E-state index in [1.54, 1.807) is 38.5 Å². The Morgan fingerprint density at radius 3 is 0.878 bits per heavy atom. The maximum Gasteiger partial charge on any atom is 0.123 e. The first kappa shape index (κ1) is 101. The zero-order chi connectivity index (χ0) is 90.2. The molecule has 14 aromatic carbocycles. The molecule has 14 rings (SSSR count). The second kappa shape index (κ2) is 52.9. The number of phenols is 1. The van der Waals surface area contributed by atoms with Crippen LogP contribution in [0.15, 0.2) is 338 Å². The van der Waals surface area contributed by atoms with Crippen molar-refractivity contribution in [3.05, 3.63) is 421 Å². The summed E-state index contributed by atoms with van der Waals surface area (Å²) in [5.74, 6) is 6.22. The van der Waals surface area contributed by atoms with Gasteiger partial charge in [-0.15, -0.1) is 0 Å². The fraction of sp³-hybridized carbons (Fsp3) is 0.257. The smallest absolute Gasteiger partial charge is 0.123 e. The van der Waals surface area contributed by atoms with E-state index in [2.05, 4.69) is 268 Å². The van der Waals surface area contributed by atoms with Crippen molar-refractivity contribution in [3.8, 4) is 72.9 Å². The van der Waals surface area contributed by atoms with Gasteiger partial charge in [-0.05, 0) is 280 Å². The van der Waals surface area contributed by atoms with Crippen molar-refractivity contribution < 1.29 is 27.8 Å². The highest BCUT2D eigenvalue weighted by molar-refractivity contribution is 9.10. The average molecular weight is 1770 g/mol. The summed E-state index contributed by atoms with van der Waals surface area (Å²) in [6.07, 6.45) is 0. The predicted molar refractivity (Wildman–Crippen MR) is 529 cm³/mol. The first-order chi connectivity index (χ1) is 58.7. The monoisotopic (exact) mass is 1770 g/mol. The molecule has 0 saturated carbocycles. The van der Waals surface area contributed by atoms with E-state index in [1.165, 1.54) is 103 Å². The third-order valence-electron chi connectivity index (χ3n) is 20.3. The van der Waals surface area contributed by atoms with Crippen LogP contribution >= 0.6 is 50.7 Å². The SMILES string of the molecule is CC(C)c1ccc(-c2ccc(O)cc2)cc1.CC(C)c1ccc(Br)cc1.CC(C)c1ccc(Cl)cc1-c1cccc(F)c1.CC(C)c1ccc(Cl)cc1-c1ccccc1.CC(C)c1ccc(F)cc1.CC(C)c1ccc(F)cc1-c1ccccc1.CC(C)c1ccccc1.COc1ccc(C(C)C)cc1.COc1cccc(-c2cc(Cl)ccc2C(C)C)c1. The van der Waals surface area contributed by atoms with E-state index in [1.807, 2.05) is 152 Å². The van der Waals surface area contributed by atoms with Gasteiger partial charge in [0.1, 0.15) is 34.7 Å². The number of rotatable bonds is 16. The lowest BCUT2D eigenvalue weighted by molar-refractivity contribution is 0.414. The molecule has 1 N–H and O–H groups in total. The average Bonchev–Trinajstić information content (AvgIpc) is 0.852. The molecule has 3 nitrogen and oxygen atoms in total. The van der Waals surface area contributed by atoms with E-state index in [0.29, 0.717) is 64.0 Å². The fourth-order valence-electron chi connectivity index (χ4n) is 13.0. The summed E-state index contributed by atoms with van der Waals surface area (Å²) in [5, 5.41) is 11.5. The van der Waals surface area contributed by atoms with Crippen LogP contribution in [0.4, 0.5) is 13.2 Å². The Morgan fingerprint density at radius 2 is 0.520 bits per heavy atom. The van der Waals surface area contributed by atoms with Gasteiger partial charge in [0.2, 0.25) is 0 Å². The first-order valence-corrected chi connectivity index (χ1v) is 44.4. The van der Waals surface area contributed by atoms with E-state index in [-0.39, 0.29) is 17.5 Å². The van der Waals surface area contributed by atoms with Gasteiger partial charge in [0.15, 0.2) is 0 Å². The molecule has 14 aromatic rings. The molecule has 0 fully saturated rings. The zero-order valence-corrected chi connectivity index (χ0v) is 79.2. The quantitative estimate of drug-likeness (QED) is 0.105. The van der Waals surface area contributed by atoms with Crippen molar-refractivity contribution in [1.29, 1.82) is 0 Å². The summed E-state index contributed by atoms with van der Waals surface area (Å²) in [6, 6.07) is 108. The van der Waals surface area contributed by atoms with Gasteiger partial charge in [-0.1, -0.05) is 388 Å². The van der Waals surface area contributed by atoms with Gasteiger partial charge >= 0.3 is 0 Å². The second-order valence-corrected chi connectivity index (χ2v) is 35.0. The molecule has 0 aromatic heterocycles. The molecule has 0 atom stereocenters. The Bertz CT molecular complexity index is 5200.